The summed E-state index contributed by atoms with van der Waals surface area (Å²) in [5.41, 5.74) is 0.956. The fraction of sp³-hybridized carbons (Fsp3) is 0.100. The largest absolute Gasteiger partial charge is 0.321 e. The highest BCUT2D eigenvalue weighted by atomic mass is 32.2. The molecule has 0 unspecified atom stereocenters. The average Bonchev–Trinajstić information content (AvgIpc) is 2.69. The molecule has 0 fully saturated rings. The Morgan fingerprint density at radius 1 is 1.29 bits per heavy atom. The van der Waals surface area contributed by atoms with E-state index in [0.717, 1.165) is 5.56 Å². The van der Waals surface area contributed by atoms with Crippen molar-refractivity contribution in [3.63, 3.8) is 0 Å². The van der Waals surface area contributed by atoms with Crippen LogP contribution in [0.3, 0.4) is 0 Å². The van der Waals surface area contributed by atoms with E-state index < -0.39 is 16.2 Å². The smallest absolute Gasteiger partial charge is 0.294 e. The van der Waals surface area contributed by atoms with Crippen molar-refractivity contribution in [1.29, 1.82) is 0 Å². The molecule has 2 aromatic rings. The molecular formula is C10H11FN2O3S. The first-order valence-electron chi connectivity index (χ1n) is 4.58. The summed E-state index contributed by atoms with van der Waals surface area (Å²) in [4.78, 5) is 5.35. The van der Waals surface area contributed by atoms with E-state index in [0.29, 0.717) is 0 Å². The lowest BCUT2D eigenvalue weighted by atomic mass is 10.2. The van der Waals surface area contributed by atoms with E-state index in [1.54, 1.807) is 12.1 Å². The van der Waals surface area contributed by atoms with Crippen LogP contribution in [-0.4, -0.2) is 22.9 Å². The van der Waals surface area contributed by atoms with Gasteiger partial charge in [-0.05, 0) is 19.1 Å². The van der Waals surface area contributed by atoms with E-state index in [1.807, 2.05) is 6.92 Å². The second-order valence-corrected chi connectivity index (χ2v) is 4.59. The molecular weight excluding hydrogens is 247 g/mol. The van der Waals surface area contributed by atoms with Crippen molar-refractivity contribution in [1.82, 2.24) is 9.97 Å². The Morgan fingerprint density at radius 2 is 1.88 bits per heavy atom. The number of benzene rings is 1. The highest BCUT2D eigenvalue weighted by Gasteiger charge is 2.06. The minimum Gasteiger partial charge on any atom is -0.321 e. The third-order valence-corrected chi connectivity index (χ3v) is 2.65. The Morgan fingerprint density at radius 3 is 2.18 bits per heavy atom. The normalized spacial score (nSPS) is 10.5. The molecule has 92 valence electrons. The zero-order valence-corrected chi connectivity index (χ0v) is 9.78. The molecule has 0 saturated carbocycles. The highest BCUT2D eigenvalue weighted by Crippen LogP contribution is 2.08. The van der Waals surface area contributed by atoms with E-state index in [-0.39, 0.29) is 4.90 Å². The van der Waals surface area contributed by atoms with Gasteiger partial charge in [0, 0.05) is 12.4 Å². The van der Waals surface area contributed by atoms with Crippen LogP contribution in [0.2, 0.25) is 0 Å². The molecule has 0 atom stereocenters. The monoisotopic (exact) mass is 258 g/mol. The van der Waals surface area contributed by atoms with E-state index in [4.69, 9.17) is 4.55 Å². The maximum atomic E-state index is 11.5. The predicted molar refractivity (Wildman–Crippen MR) is 59.5 cm³/mol. The Bertz CT molecular complexity index is 550. The van der Waals surface area contributed by atoms with Gasteiger partial charge in [-0.2, -0.15) is 12.8 Å². The number of nitrogens with one attached hydrogen (secondary N) is 1. The molecule has 7 heteroatoms. The number of imidazole rings is 1. The second-order valence-electron chi connectivity index (χ2n) is 3.17. The van der Waals surface area contributed by atoms with Gasteiger partial charge in [-0.1, -0.05) is 17.7 Å². The standard InChI is InChI=1S/C7H8O3S.C3H3FN2/c1-6-2-4-7(5-3-6)11(8,9)10;4-3-5-1-2-6-3/h2-5H,1H3,(H,8,9,10);1-2H,(H,5,6). The number of aryl methyl sites for hydroxylation is 1. The molecule has 1 heterocycles. The molecule has 0 aliphatic rings. The van der Waals surface area contributed by atoms with Crippen LogP contribution in [-0.2, 0) is 10.1 Å². The molecule has 5 nitrogen and oxygen atoms in total. The number of hydrogen-bond acceptors (Lipinski definition) is 3. The molecule has 1 aromatic carbocycles. The second kappa shape index (κ2) is 5.55. The van der Waals surface area contributed by atoms with Gasteiger partial charge in [0.1, 0.15) is 0 Å². The summed E-state index contributed by atoms with van der Waals surface area (Å²) < 4.78 is 41.1. The van der Waals surface area contributed by atoms with Gasteiger partial charge in [0.15, 0.2) is 0 Å². The lowest BCUT2D eigenvalue weighted by Crippen LogP contribution is -1.96. The fourth-order valence-corrected chi connectivity index (χ4v) is 1.44. The minimum absolute atomic E-state index is 0.0666. The number of nitrogens with zero attached hydrogens (tertiary/aromatic N) is 1. The van der Waals surface area contributed by atoms with Crippen molar-refractivity contribution >= 4 is 10.1 Å². The third-order valence-electron chi connectivity index (χ3n) is 1.78. The minimum atomic E-state index is -4.02. The molecule has 1 aromatic heterocycles. The van der Waals surface area contributed by atoms with Crippen LogP contribution in [0, 0.1) is 13.0 Å². The zero-order chi connectivity index (χ0) is 12.9. The van der Waals surface area contributed by atoms with Gasteiger partial charge in [-0.25, -0.2) is 4.98 Å². The molecule has 17 heavy (non-hydrogen) atoms. The van der Waals surface area contributed by atoms with E-state index >= 15 is 0 Å². The SMILES string of the molecule is Cc1ccc(S(=O)(=O)O)cc1.Fc1ncc[nH]1. The molecule has 0 amide bonds. The Kier molecular flexibility index (Phi) is 4.36. The summed E-state index contributed by atoms with van der Waals surface area (Å²) in [6.45, 7) is 1.84. The number of aromatic amines is 1. The van der Waals surface area contributed by atoms with E-state index in [1.165, 1.54) is 24.5 Å². The zero-order valence-electron chi connectivity index (χ0n) is 8.96. The van der Waals surface area contributed by atoms with Crippen LogP contribution in [0.15, 0.2) is 41.6 Å². The molecule has 0 aliphatic heterocycles. The number of H-pyrrole nitrogens is 1. The van der Waals surface area contributed by atoms with Crippen molar-refractivity contribution in [2.45, 2.75) is 11.8 Å². The van der Waals surface area contributed by atoms with Crippen molar-refractivity contribution in [3.05, 3.63) is 48.3 Å². The summed E-state index contributed by atoms with van der Waals surface area (Å²) >= 11 is 0. The van der Waals surface area contributed by atoms with Crippen molar-refractivity contribution in [2.75, 3.05) is 0 Å². The predicted octanol–water partition coefficient (Wildman–Crippen LogP) is 1.79. The van der Waals surface area contributed by atoms with Gasteiger partial charge in [0.05, 0.1) is 4.90 Å². The Balaban J connectivity index is 0.000000202. The Labute approximate surface area is 98.1 Å². The average molecular weight is 258 g/mol. The van der Waals surface area contributed by atoms with Crippen molar-refractivity contribution in [3.8, 4) is 0 Å². The summed E-state index contributed by atoms with van der Waals surface area (Å²) in [5, 5.41) is 0. The van der Waals surface area contributed by atoms with Crippen LogP contribution in [0.1, 0.15) is 5.56 Å². The number of rotatable bonds is 1. The molecule has 0 saturated heterocycles. The summed E-state index contributed by atoms with van der Waals surface area (Å²) in [6.07, 6.45) is 2.25. The first-order valence-corrected chi connectivity index (χ1v) is 6.02. The maximum absolute atomic E-state index is 11.5. The fourth-order valence-electron chi connectivity index (χ4n) is 0.956. The number of aromatic nitrogens is 2. The van der Waals surface area contributed by atoms with Crippen LogP contribution in [0.5, 0.6) is 0 Å². The van der Waals surface area contributed by atoms with Crippen LogP contribution >= 0.6 is 0 Å². The van der Waals surface area contributed by atoms with Crippen molar-refractivity contribution < 1.29 is 17.4 Å². The van der Waals surface area contributed by atoms with Gasteiger partial charge < -0.3 is 4.98 Å². The Hall–Kier alpha value is -1.73. The van der Waals surface area contributed by atoms with Gasteiger partial charge in [0.2, 0.25) is 0 Å². The first kappa shape index (κ1) is 13.3. The topological polar surface area (TPSA) is 83.1 Å². The third kappa shape index (κ3) is 4.75. The molecule has 0 spiro atoms. The lowest BCUT2D eigenvalue weighted by Gasteiger charge is -1.95. The molecule has 0 radical (unpaired) electrons. The van der Waals surface area contributed by atoms with Crippen LogP contribution < -0.4 is 0 Å². The summed E-state index contributed by atoms with van der Waals surface area (Å²) in [7, 11) is -4.02. The highest BCUT2D eigenvalue weighted by molar-refractivity contribution is 7.85. The first-order chi connectivity index (χ1) is 7.89. The van der Waals surface area contributed by atoms with Gasteiger partial charge >= 0.3 is 0 Å². The molecule has 0 aliphatic carbocycles. The van der Waals surface area contributed by atoms with Gasteiger partial charge in [-0.3, -0.25) is 4.55 Å². The molecule has 2 N–H and O–H groups in total. The van der Waals surface area contributed by atoms with Crippen LogP contribution in [0.4, 0.5) is 4.39 Å². The van der Waals surface area contributed by atoms with Crippen LogP contribution in [0.25, 0.3) is 0 Å². The summed E-state index contributed by atoms with van der Waals surface area (Å²) in [5.74, 6) is 0. The van der Waals surface area contributed by atoms with Crippen molar-refractivity contribution in [2.24, 2.45) is 0 Å². The lowest BCUT2D eigenvalue weighted by molar-refractivity contribution is 0.483. The molecule has 0 bridgehead atoms. The van der Waals surface area contributed by atoms with Gasteiger partial charge in [0.25, 0.3) is 16.2 Å². The maximum Gasteiger partial charge on any atom is 0.294 e. The molecule has 2 rings (SSSR count). The quantitative estimate of drug-likeness (QED) is 0.764. The number of halogens is 1. The van der Waals surface area contributed by atoms with E-state index in [9.17, 15) is 12.8 Å². The summed E-state index contributed by atoms with van der Waals surface area (Å²) in [6, 6.07) is 5.99. The van der Waals surface area contributed by atoms with E-state index in [2.05, 4.69) is 9.97 Å². The van der Waals surface area contributed by atoms with Gasteiger partial charge in [-0.15, -0.1) is 0 Å². The number of hydrogen-bond donors (Lipinski definition) is 2.